The van der Waals surface area contributed by atoms with Gasteiger partial charge in [-0.05, 0) is 66.4 Å². The van der Waals surface area contributed by atoms with Gasteiger partial charge in [0.1, 0.15) is 16.3 Å². The Morgan fingerprint density at radius 3 is 2.22 bits per heavy atom. The number of aryl methyl sites for hydroxylation is 1. The van der Waals surface area contributed by atoms with Gasteiger partial charge >= 0.3 is 5.97 Å². The summed E-state index contributed by atoms with van der Waals surface area (Å²) in [5.41, 5.74) is -0.412. The van der Waals surface area contributed by atoms with Crippen LogP contribution in [-0.2, 0) is 29.6 Å². The lowest BCUT2D eigenvalue weighted by Gasteiger charge is -2.15. The number of halogens is 1. The van der Waals surface area contributed by atoms with E-state index in [0.717, 1.165) is 18.2 Å². The van der Waals surface area contributed by atoms with Crippen LogP contribution in [0.3, 0.4) is 0 Å². The molecule has 1 aromatic heterocycles. The molecule has 0 saturated carbocycles. The van der Waals surface area contributed by atoms with E-state index in [0.29, 0.717) is 5.56 Å². The van der Waals surface area contributed by atoms with Gasteiger partial charge in [-0.25, -0.2) is 10.1 Å². The molecule has 5 rings (SSSR count). The molecule has 4 aromatic carbocycles. The van der Waals surface area contributed by atoms with Crippen molar-refractivity contribution >= 4 is 95.3 Å². The van der Waals surface area contributed by atoms with Crippen LogP contribution in [0.25, 0.3) is 10.8 Å². The third kappa shape index (κ3) is 8.21. The van der Waals surface area contributed by atoms with Gasteiger partial charge in [0.25, 0.3) is 20.2 Å². The zero-order chi connectivity index (χ0) is 36.4. The number of rotatable bonds is 12. The first-order chi connectivity index (χ1) is 23.5. The number of carboxylic acid groups (broad SMARTS) is 1. The summed E-state index contributed by atoms with van der Waals surface area (Å²) in [6.07, 6.45) is 0. The molecule has 0 spiro atoms. The van der Waals surface area contributed by atoms with Gasteiger partial charge in [-0.3, -0.25) is 9.11 Å². The highest BCUT2D eigenvalue weighted by atomic mass is 35.5. The van der Waals surface area contributed by atoms with E-state index in [2.05, 4.69) is 45.2 Å². The van der Waals surface area contributed by atoms with Crippen molar-refractivity contribution in [3.63, 3.8) is 0 Å². The molecule has 0 aliphatic rings. The molecule has 0 radical (unpaired) electrons. The van der Waals surface area contributed by atoms with Gasteiger partial charge in [0.05, 0.1) is 38.8 Å². The molecule has 1 heterocycles. The Kier molecular flexibility index (Phi) is 10.5. The number of hydrogen-bond donors (Lipinski definition) is 7. The molecule has 7 N–H and O–H groups in total. The molecule has 19 nitrogen and oxygen atoms in total. The van der Waals surface area contributed by atoms with E-state index in [1.54, 1.807) is 13.0 Å². The molecule has 0 amide bonds. The zero-order valence-corrected chi connectivity index (χ0v) is 27.9. The summed E-state index contributed by atoms with van der Waals surface area (Å²) < 4.78 is 72.2. The Bertz CT molecular complexity index is 2420. The number of hydrogen-bond acceptors (Lipinski definition) is 17. The van der Waals surface area contributed by atoms with Crippen LogP contribution >= 0.6 is 23.6 Å². The number of carbonyl (C=O) groups is 1. The molecule has 260 valence electrons. The second kappa shape index (κ2) is 14.4. The standard InChI is InChI=1S/C27H20ClN7O12S3/c1-12-6-7-16(15(8-12)24(37)38)29-26-31-25(28)32-27(33-26)30-18-11-14(49(40,41)42)9-13-10-19(48-47-46-39)22(23(36)21(13)18)35-34-17-4-2-3-5-20(17)50(43,44)45/h2-11,36,39H,1H3,(H,37,38)(H,40,41,42)(H,43,44,45)(H2,29,30,31,32,33)/b35-34+. The van der Waals surface area contributed by atoms with Crippen LogP contribution in [0.1, 0.15) is 15.9 Å². The van der Waals surface area contributed by atoms with E-state index in [4.69, 9.17) is 16.9 Å². The van der Waals surface area contributed by atoms with Gasteiger partial charge in [-0.15, -0.1) is 14.6 Å². The van der Waals surface area contributed by atoms with Crippen LogP contribution in [0, 0.1) is 6.92 Å². The Balaban J connectivity index is 1.68. The smallest absolute Gasteiger partial charge is 0.337 e. The minimum Gasteiger partial charge on any atom is -0.505 e. The number of anilines is 4. The van der Waals surface area contributed by atoms with Crippen molar-refractivity contribution in [3.05, 3.63) is 77.1 Å². The fourth-order valence-corrected chi connectivity index (χ4v) is 6.25. The maximum atomic E-state index is 12.2. The van der Waals surface area contributed by atoms with Crippen LogP contribution in [0.5, 0.6) is 5.75 Å². The van der Waals surface area contributed by atoms with Crippen LogP contribution in [0.2, 0.25) is 5.28 Å². The van der Waals surface area contributed by atoms with Crippen molar-refractivity contribution in [2.75, 3.05) is 10.6 Å². The Hall–Kier alpha value is -5.04. The largest absolute Gasteiger partial charge is 0.505 e. The zero-order valence-electron chi connectivity index (χ0n) is 24.7. The highest BCUT2D eigenvalue weighted by molar-refractivity contribution is 7.94. The molecule has 0 aliphatic carbocycles. The third-order valence-electron chi connectivity index (χ3n) is 6.48. The number of nitrogens with zero attached hydrogens (tertiary/aromatic N) is 5. The van der Waals surface area contributed by atoms with E-state index in [1.807, 2.05) is 0 Å². The highest BCUT2D eigenvalue weighted by Crippen LogP contribution is 2.47. The maximum Gasteiger partial charge on any atom is 0.337 e. The lowest BCUT2D eigenvalue weighted by Crippen LogP contribution is -2.08. The summed E-state index contributed by atoms with van der Waals surface area (Å²) in [4.78, 5) is 22.4. The number of phenols is 1. The molecule has 50 heavy (non-hydrogen) atoms. The molecule has 0 saturated heterocycles. The molecule has 0 unspecified atom stereocenters. The molecule has 23 heteroatoms. The van der Waals surface area contributed by atoms with E-state index >= 15 is 0 Å². The average Bonchev–Trinajstić information content (AvgIpc) is 3.03. The summed E-state index contributed by atoms with van der Waals surface area (Å²) >= 11 is 6.39. The lowest BCUT2D eigenvalue weighted by atomic mass is 10.1. The van der Waals surface area contributed by atoms with E-state index in [1.165, 1.54) is 36.4 Å². The number of aromatic carboxylic acids is 1. The monoisotopic (exact) mass is 765 g/mol. The van der Waals surface area contributed by atoms with Gasteiger partial charge in [0.15, 0.2) is 5.75 Å². The first kappa shape index (κ1) is 36.2. The Morgan fingerprint density at radius 1 is 0.900 bits per heavy atom. The average molecular weight is 766 g/mol. The predicted octanol–water partition coefficient (Wildman–Crippen LogP) is 6.21. The van der Waals surface area contributed by atoms with E-state index in [-0.39, 0.29) is 62.2 Å². The quantitative estimate of drug-likeness (QED) is 0.0244. The number of fused-ring (bicyclic) bond motifs is 1. The van der Waals surface area contributed by atoms with E-state index < -0.39 is 52.7 Å². The van der Waals surface area contributed by atoms with Crippen LogP contribution in [-0.4, -0.2) is 62.3 Å². The van der Waals surface area contributed by atoms with Gasteiger partial charge in [0.2, 0.25) is 17.2 Å². The predicted molar refractivity (Wildman–Crippen MR) is 176 cm³/mol. The van der Waals surface area contributed by atoms with Crippen molar-refractivity contribution in [1.82, 2.24) is 15.0 Å². The molecule has 0 atom stereocenters. The number of benzene rings is 4. The van der Waals surface area contributed by atoms with Crippen molar-refractivity contribution < 1.29 is 55.6 Å². The highest BCUT2D eigenvalue weighted by Gasteiger charge is 2.23. The fourth-order valence-electron chi connectivity index (χ4n) is 4.43. The minimum atomic E-state index is -4.89. The Labute approximate surface area is 290 Å². The SMILES string of the molecule is Cc1ccc(Nc2nc(Cl)nc(Nc3cc(S(=O)(=O)O)cc4cc(SOOO)c(/N=N/c5ccccc5S(=O)(=O)O)c(O)c34)n2)c(C(=O)O)c1. The summed E-state index contributed by atoms with van der Waals surface area (Å²) in [5, 5.41) is 46.0. The van der Waals surface area contributed by atoms with Crippen molar-refractivity contribution in [2.24, 2.45) is 10.2 Å². The van der Waals surface area contributed by atoms with E-state index in [9.17, 15) is 40.9 Å². The van der Waals surface area contributed by atoms with Gasteiger partial charge in [-0.1, -0.05) is 28.8 Å². The number of aromatic nitrogens is 3. The molecule has 0 aliphatic heterocycles. The van der Waals surface area contributed by atoms with Crippen LogP contribution < -0.4 is 10.6 Å². The van der Waals surface area contributed by atoms with Crippen LogP contribution in [0.4, 0.5) is 34.6 Å². The third-order valence-corrected chi connectivity index (χ3v) is 9.00. The molecule has 5 aromatic rings. The van der Waals surface area contributed by atoms with Gasteiger partial charge in [-0.2, -0.15) is 31.8 Å². The number of azo groups is 1. The van der Waals surface area contributed by atoms with Gasteiger partial charge < -0.3 is 20.8 Å². The van der Waals surface area contributed by atoms with Crippen LogP contribution in [0.15, 0.2) is 85.6 Å². The van der Waals surface area contributed by atoms with Crippen molar-refractivity contribution in [1.29, 1.82) is 0 Å². The minimum absolute atomic E-state index is 0.0919. The van der Waals surface area contributed by atoms with Gasteiger partial charge in [0, 0.05) is 5.39 Å². The first-order valence-electron chi connectivity index (χ1n) is 13.3. The number of carboxylic acids is 1. The second-order valence-corrected chi connectivity index (χ2v) is 13.7. The summed E-state index contributed by atoms with van der Waals surface area (Å²) in [6.45, 7) is 1.69. The molecule has 0 fully saturated rings. The lowest BCUT2D eigenvalue weighted by molar-refractivity contribution is -0.432. The number of nitrogens with one attached hydrogen (secondary N) is 2. The second-order valence-electron chi connectivity index (χ2n) is 9.84. The number of phenolic OH excluding ortho intramolecular Hbond substituents is 1. The molecular formula is C27H20ClN7O12S3. The first-order valence-corrected chi connectivity index (χ1v) is 17.3. The maximum absolute atomic E-state index is 12.2. The summed E-state index contributed by atoms with van der Waals surface area (Å²) in [6, 6.07) is 12.5. The molecular weight excluding hydrogens is 746 g/mol. The number of aromatic hydroxyl groups is 1. The normalized spacial score (nSPS) is 12.0. The topological polar surface area (TPSA) is 292 Å². The van der Waals surface area contributed by atoms with Crippen molar-refractivity contribution in [3.8, 4) is 5.75 Å². The fraction of sp³-hybridized carbons (Fsp3) is 0.0370. The Morgan fingerprint density at radius 2 is 1.58 bits per heavy atom. The summed E-state index contributed by atoms with van der Waals surface area (Å²) in [7, 11) is -9.65. The molecule has 0 bridgehead atoms. The van der Waals surface area contributed by atoms with Crippen molar-refractivity contribution in [2.45, 2.75) is 21.6 Å². The summed E-state index contributed by atoms with van der Waals surface area (Å²) in [5.74, 6) is -2.59.